The van der Waals surface area contributed by atoms with Gasteiger partial charge in [-0.2, -0.15) is 9.58 Å². The SMILES string of the molecule is COC(=O)c1ccc[n+]([O-])c1N(C(=O)c1ccc(-n2nnc3cccnc32)cc1F)[C@@H]1CCCN(C(=O)OC(C)(C)C)C1. The minimum absolute atomic E-state index is 0.0214. The van der Waals surface area contributed by atoms with Gasteiger partial charge in [0.25, 0.3) is 0 Å². The molecule has 14 heteroatoms. The van der Waals surface area contributed by atoms with Gasteiger partial charge in [-0.3, -0.25) is 0 Å². The number of nitrogens with zero attached hydrogens (tertiary/aromatic N) is 7. The van der Waals surface area contributed by atoms with E-state index < -0.39 is 35.4 Å². The molecular weight excluding hydrogens is 561 g/mol. The molecule has 1 aromatic carbocycles. The molecule has 0 unspecified atom stereocenters. The Kier molecular flexibility index (Phi) is 7.93. The zero-order valence-electron chi connectivity index (χ0n) is 24.1. The highest BCUT2D eigenvalue weighted by Gasteiger charge is 2.43. The molecule has 1 aliphatic rings. The predicted octanol–water partition coefficient (Wildman–Crippen LogP) is 3.42. The fourth-order valence-corrected chi connectivity index (χ4v) is 4.96. The molecule has 2 amide bonds. The molecule has 1 atom stereocenters. The van der Waals surface area contributed by atoms with Gasteiger partial charge < -0.3 is 19.6 Å². The maximum absolute atomic E-state index is 15.8. The topological polar surface area (TPSA) is 147 Å². The third-order valence-corrected chi connectivity index (χ3v) is 6.84. The maximum atomic E-state index is 15.8. The Labute approximate surface area is 246 Å². The molecule has 0 spiro atoms. The number of aromatic nitrogens is 5. The van der Waals surface area contributed by atoms with Gasteiger partial charge in [0.2, 0.25) is 0 Å². The second-order valence-electron chi connectivity index (χ2n) is 11.0. The van der Waals surface area contributed by atoms with E-state index in [0.717, 1.165) is 24.3 Å². The summed E-state index contributed by atoms with van der Waals surface area (Å²) in [6, 6.07) is 9.13. The van der Waals surface area contributed by atoms with Gasteiger partial charge in [0.15, 0.2) is 5.65 Å². The predicted molar refractivity (Wildman–Crippen MR) is 151 cm³/mol. The Morgan fingerprint density at radius 1 is 1.14 bits per heavy atom. The number of halogens is 1. The quantitative estimate of drug-likeness (QED) is 0.193. The first-order chi connectivity index (χ1) is 20.5. The zero-order valence-corrected chi connectivity index (χ0v) is 24.1. The van der Waals surface area contributed by atoms with Crippen molar-refractivity contribution in [2.75, 3.05) is 25.1 Å². The number of carbonyl (C=O) groups excluding carboxylic acids is 3. The molecule has 43 heavy (non-hydrogen) atoms. The molecule has 224 valence electrons. The number of hydrogen-bond donors (Lipinski definition) is 0. The minimum Gasteiger partial charge on any atom is -0.711 e. The average Bonchev–Trinajstić information content (AvgIpc) is 3.41. The van der Waals surface area contributed by atoms with Crippen LogP contribution in [0, 0.1) is 11.0 Å². The molecule has 1 fully saturated rings. The van der Waals surface area contributed by atoms with Gasteiger partial charge >= 0.3 is 23.8 Å². The minimum atomic E-state index is -0.903. The monoisotopic (exact) mass is 591 g/mol. The molecule has 1 aliphatic heterocycles. The first-order valence-electron chi connectivity index (χ1n) is 13.6. The number of methoxy groups -OCH3 is 1. The molecule has 0 aliphatic carbocycles. The number of hydrogen-bond acceptors (Lipinski definition) is 9. The molecular formula is C29H30FN7O6. The summed E-state index contributed by atoms with van der Waals surface area (Å²) in [6.07, 6.45) is 2.90. The highest BCUT2D eigenvalue weighted by molar-refractivity contribution is 6.09. The molecule has 5 rings (SSSR count). The number of fused-ring (bicyclic) bond motifs is 1. The molecule has 4 heterocycles. The summed E-state index contributed by atoms with van der Waals surface area (Å²) < 4.78 is 27.9. The third kappa shape index (κ3) is 5.94. The van der Waals surface area contributed by atoms with Crippen LogP contribution in [0.3, 0.4) is 0 Å². The Bertz CT molecular complexity index is 1700. The fraction of sp³-hybridized carbons (Fsp3) is 0.345. The molecule has 3 aromatic heterocycles. The highest BCUT2D eigenvalue weighted by atomic mass is 19.1. The number of carbonyl (C=O) groups is 3. The summed E-state index contributed by atoms with van der Waals surface area (Å²) in [5, 5.41) is 21.3. The van der Waals surface area contributed by atoms with Gasteiger partial charge in [0.1, 0.15) is 28.5 Å². The van der Waals surface area contributed by atoms with Crippen molar-refractivity contribution in [1.82, 2.24) is 24.9 Å². The van der Waals surface area contributed by atoms with Gasteiger partial charge in [-0.05, 0) is 70.0 Å². The van der Waals surface area contributed by atoms with E-state index >= 15 is 4.39 Å². The van der Waals surface area contributed by atoms with E-state index in [2.05, 4.69) is 15.3 Å². The van der Waals surface area contributed by atoms with Gasteiger partial charge in [-0.15, -0.1) is 5.10 Å². The lowest BCUT2D eigenvalue weighted by Crippen LogP contribution is -2.56. The molecule has 0 radical (unpaired) electrons. The van der Waals surface area contributed by atoms with Crippen LogP contribution in [0.4, 0.5) is 15.0 Å². The van der Waals surface area contributed by atoms with E-state index in [1.165, 1.54) is 33.8 Å². The van der Waals surface area contributed by atoms with Crippen LogP contribution >= 0.6 is 0 Å². The van der Waals surface area contributed by atoms with Crippen LogP contribution in [0.1, 0.15) is 54.3 Å². The number of rotatable bonds is 5. The summed E-state index contributed by atoms with van der Waals surface area (Å²) in [6.45, 7) is 5.54. The second-order valence-corrected chi connectivity index (χ2v) is 11.0. The van der Waals surface area contributed by atoms with Crippen LogP contribution in [0.5, 0.6) is 0 Å². The molecule has 13 nitrogen and oxygen atoms in total. The molecule has 4 aromatic rings. The van der Waals surface area contributed by atoms with Crippen LogP contribution in [0.2, 0.25) is 0 Å². The van der Waals surface area contributed by atoms with E-state index in [1.54, 1.807) is 39.1 Å². The second kappa shape index (κ2) is 11.6. The summed E-state index contributed by atoms with van der Waals surface area (Å²) in [5.41, 5.74) is -0.156. The van der Waals surface area contributed by atoms with Crippen molar-refractivity contribution in [2.24, 2.45) is 0 Å². The van der Waals surface area contributed by atoms with Gasteiger partial charge in [-0.1, -0.05) is 5.21 Å². The zero-order chi connectivity index (χ0) is 30.9. The fourth-order valence-electron chi connectivity index (χ4n) is 4.96. The number of pyridine rings is 2. The van der Waals surface area contributed by atoms with Gasteiger partial charge in [0.05, 0.1) is 31.1 Å². The Morgan fingerprint density at radius 3 is 2.65 bits per heavy atom. The van der Waals surface area contributed by atoms with Crippen molar-refractivity contribution in [3.05, 3.63) is 77.0 Å². The number of likely N-dealkylation sites (tertiary alicyclic amines) is 1. The van der Waals surface area contributed by atoms with Crippen molar-refractivity contribution in [3.63, 3.8) is 0 Å². The number of piperidine rings is 1. The molecule has 0 bridgehead atoms. The third-order valence-electron chi connectivity index (χ3n) is 6.84. The van der Waals surface area contributed by atoms with Crippen LogP contribution in [0.25, 0.3) is 16.9 Å². The maximum Gasteiger partial charge on any atom is 0.410 e. The number of ether oxygens (including phenoxy) is 2. The number of amides is 2. The lowest BCUT2D eigenvalue weighted by atomic mass is 10.0. The molecule has 1 saturated heterocycles. The first kappa shape index (κ1) is 29.4. The van der Waals surface area contributed by atoms with Crippen molar-refractivity contribution in [3.8, 4) is 5.69 Å². The Morgan fingerprint density at radius 2 is 1.93 bits per heavy atom. The van der Waals surface area contributed by atoms with E-state index in [1.807, 2.05) is 0 Å². The lowest BCUT2D eigenvalue weighted by molar-refractivity contribution is -0.592. The number of esters is 1. The van der Waals surface area contributed by atoms with Crippen molar-refractivity contribution in [1.29, 1.82) is 0 Å². The summed E-state index contributed by atoms with van der Waals surface area (Å²) >= 11 is 0. The molecule has 0 N–H and O–H groups in total. The molecule has 0 saturated carbocycles. The summed E-state index contributed by atoms with van der Waals surface area (Å²) in [5.74, 6) is -2.99. The number of anilines is 1. The van der Waals surface area contributed by atoms with Crippen molar-refractivity contribution >= 4 is 35.0 Å². The van der Waals surface area contributed by atoms with Gasteiger partial charge in [-0.25, -0.2) is 28.5 Å². The smallest absolute Gasteiger partial charge is 0.410 e. The van der Waals surface area contributed by atoms with E-state index in [-0.39, 0.29) is 29.2 Å². The van der Waals surface area contributed by atoms with E-state index in [9.17, 15) is 19.6 Å². The summed E-state index contributed by atoms with van der Waals surface area (Å²) in [4.78, 5) is 46.6. The van der Waals surface area contributed by atoms with Crippen LogP contribution < -0.4 is 9.63 Å². The largest absolute Gasteiger partial charge is 0.711 e. The summed E-state index contributed by atoms with van der Waals surface area (Å²) in [7, 11) is 1.15. The van der Waals surface area contributed by atoms with Crippen LogP contribution in [-0.2, 0) is 9.47 Å². The van der Waals surface area contributed by atoms with Crippen LogP contribution in [-0.4, -0.2) is 74.7 Å². The standard InChI is InChI=1S/C29H30FN7O6/c1-29(2,3)43-28(40)34-14-6-8-19(17-34)36(25-21(27(39)42-4)9-7-15-35(25)41)26(38)20-12-11-18(16-22(20)30)37-24-23(32-33-37)10-5-13-31-24/h5,7,9-13,15-16,19H,6,8,14,17H2,1-4H3/t19-/m1/s1. The highest BCUT2D eigenvalue weighted by Crippen LogP contribution is 2.29. The first-order valence-corrected chi connectivity index (χ1v) is 13.6. The average molecular weight is 592 g/mol. The Hall–Kier alpha value is -5.14. The van der Waals surface area contributed by atoms with E-state index in [0.29, 0.717) is 35.3 Å². The normalized spacial score (nSPS) is 15.3. The van der Waals surface area contributed by atoms with Crippen molar-refractivity contribution in [2.45, 2.75) is 45.3 Å². The number of benzene rings is 1. The van der Waals surface area contributed by atoms with Gasteiger partial charge in [0, 0.05) is 18.8 Å². The van der Waals surface area contributed by atoms with E-state index in [4.69, 9.17) is 9.47 Å². The van der Waals surface area contributed by atoms with Crippen molar-refractivity contribution < 1.29 is 33.0 Å². The van der Waals surface area contributed by atoms with Crippen LogP contribution in [0.15, 0.2) is 54.9 Å². The lowest BCUT2D eigenvalue weighted by Gasteiger charge is -2.36. The Balaban J connectivity index is 1.57.